The molecule has 0 spiro atoms. The molecule has 1 amide bonds. The summed E-state index contributed by atoms with van der Waals surface area (Å²) >= 11 is 0. The van der Waals surface area contributed by atoms with Gasteiger partial charge in [-0.1, -0.05) is 24.3 Å². The Bertz CT molecular complexity index is 1090. The van der Waals surface area contributed by atoms with Gasteiger partial charge in [-0.25, -0.2) is 13.4 Å². The number of benzene rings is 2. The number of fused-ring (bicyclic) bond motifs is 1. The predicted molar refractivity (Wildman–Crippen MR) is 102 cm³/mol. The van der Waals surface area contributed by atoms with Gasteiger partial charge < -0.3 is 5.32 Å². The first-order valence-electron chi connectivity index (χ1n) is 7.68. The molecule has 0 aliphatic carbocycles. The second kappa shape index (κ2) is 7.32. The maximum absolute atomic E-state index is 12.1. The van der Waals surface area contributed by atoms with Crippen LogP contribution in [0.1, 0.15) is 5.69 Å². The van der Waals surface area contributed by atoms with E-state index in [1.54, 1.807) is 36.5 Å². The van der Waals surface area contributed by atoms with Crippen molar-refractivity contribution < 1.29 is 13.2 Å². The molecule has 0 saturated carbocycles. The zero-order valence-electron chi connectivity index (χ0n) is 13.9. The monoisotopic (exact) mass is 368 g/mol. The van der Waals surface area contributed by atoms with E-state index in [0.29, 0.717) is 17.1 Å². The van der Waals surface area contributed by atoms with Crippen LogP contribution < -0.4 is 10.0 Å². The van der Waals surface area contributed by atoms with E-state index in [2.05, 4.69) is 20.0 Å². The number of amides is 1. The summed E-state index contributed by atoms with van der Waals surface area (Å²) < 4.78 is 25.2. The number of anilines is 2. The number of hydrogen-bond acceptors (Lipinski definition) is 5. The molecular weight excluding hydrogens is 352 g/mol. The molecule has 0 unspecified atom stereocenters. The third-order valence-electron chi connectivity index (χ3n) is 3.35. The number of sulfonamides is 1. The highest BCUT2D eigenvalue weighted by Gasteiger charge is 2.08. The molecule has 26 heavy (non-hydrogen) atoms. The zero-order valence-corrected chi connectivity index (χ0v) is 14.7. The number of carbonyl (C=O) groups is 1. The molecule has 3 rings (SSSR count). The fourth-order valence-corrected chi connectivity index (χ4v) is 2.85. The molecule has 2 N–H and O–H groups in total. The normalized spacial score (nSPS) is 11.6. The quantitative estimate of drug-likeness (QED) is 0.674. The number of nitrogens with one attached hydrogen (secondary N) is 2. The third kappa shape index (κ3) is 4.64. The van der Waals surface area contributed by atoms with E-state index in [4.69, 9.17) is 0 Å². The van der Waals surface area contributed by atoms with Crippen LogP contribution in [0.2, 0.25) is 0 Å². The Labute approximate surface area is 150 Å². The molecule has 0 saturated heterocycles. The first-order chi connectivity index (χ1) is 12.4. The second-order valence-electron chi connectivity index (χ2n) is 5.53. The van der Waals surface area contributed by atoms with Crippen molar-refractivity contribution in [2.75, 3.05) is 16.3 Å². The standard InChI is InChI=1S/C18H16N4O3S/c1-26(24,25)22-17-9-5-4-8-16(17)21-18(23)11-10-13-12-19-14-6-2-3-7-15(14)20-13/h2-12,22H,1H3,(H,21,23)/b11-10+. The minimum absolute atomic E-state index is 0.294. The topological polar surface area (TPSA) is 101 Å². The largest absolute Gasteiger partial charge is 0.321 e. The molecular formula is C18H16N4O3S. The molecule has 0 atom stereocenters. The molecule has 0 aliphatic heterocycles. The summed E-state index contributed by atoms with van der Waals surface area (Å²) in [6.45, 7) is 0. The second-order valence-corrected chi connectivity index (χ2v) is 7.27. The smallest absolute Gasteiger partial charge is 0.248 e. The highest BCUT2D eigenvalue weighted by Crippen LogP contribution is 2.22. The van der Waals surface area contributed by atoms with E-state index in [1.807, 2.05) is 24.3 Å². The Morgan fingerprint density at radius 2 is 1.65 bits per heavy atom. The van der Waals surface area contributed by atoms with Crippen molar-refractivity contribution in [1.82, 2.24) is 9.97 Å². The minimum Gasteiger partial charge on any atom is -0.321 e. The summed E-state index contributed by atoms with van der Waals surface area (Å²) in [6, 6.07) is 14.0. The number of aromatic nitrogens is 2. The molecule has 0 radical (unpaired) electrons. The van der Waals surface area contributed by atoms with Crippen molar-refractivity contribution in [2.45, 2.75) is 0 Å². The summed E-state index contributed by atoms with van der Waals surface area (Å²) in [5.41, 5.74) is 2.70. The Hall–Kier alpha value is -3.26. The fourth-order valence-electron chi connectivity index (χ4n) is 2.27. The van der Waals surface area contributed by atoms with E-state index >= 15 is 0 Å². The predicted octanol–water partition coefficient (Wildman–Crippen LogP) is 2.65. The van der Waals surface area contributed by atoms with Crippen molar-refractivity contribution in [1.29, 1.82) is 0 Å². The van der Waals surface area contributed by atoms with Gasteiger partial charge in [-0.05, 0) is 30.3 Å². The number of para-hydroxylation sites is 4. The Kier molecular flexibility index (Phi) is 4.94. The minimum atomic E-state index is -3.45. The molecule has 0 bridgehead atoms. The van der Waals surface area contributed by atoms with Crippen LogP contribution in [-0.2, 0) is 14.8 Å². The van der Waals surface area contributed by atoms with E-state index in [1.165, 1.54) is 6.08 Å². The lowest BCUT2D eigenvalue weighted by Crippen LogP contribution is -2.14. The number of hydrogen-bond donors (Lipinski definition) is 2. The molecule has 3 aromatic rings. The summed E-state index contributed by atoms with van der Waals surface area (Å²) in [4.78, 5) is 20.8. The van der Waals surface area contributed by atoms with Gasteiger partial charge >= 0.3 is 0 Å². The van der Waals surface area contributed by atoms with Gasteiger partial charge in [0.2, 0.25) is 15.9 Å². The van der Waals surface area contributed by atoms with E-state index in [9.17, 15) is 13.2 Å². The third-order valence-corrected chi connectivity index (χ3v) is 3.94. The van der Waals surface area contributed by atoms with E-state index in [-0.39, 0.29) is 0 Å². The molecule has 8 heteroatoms. The maximum Gasteiger partial charge on any atom is 0.248 e. The van der Waals surface area contributed by atoms with Gasteiger partial charge in [0.1, 0.15) is 0 Å². The van der Waals surface area contributed by atoms with Gasteiger partial charge in [-0.15, -0.1) is 0 Å². The van der Waals surface area contributed by atoms with Gasteiger partial charge in [0.15, 0.2) is 0 Å². The SMILES string of the molecule is CS(=O)(=O)Nc1ccccc1NC(=O)/C=C/c1cnc2ccccc2n1. The van der Waals surface area contributed by atoms with Crippen LogP contribution in [0.5, 0.6) is 0 Å². The highest BCUT2D eigenvalue weighted by molar-refractivity contribution is 7.92. The lowest BCUT2D eigenvalue weighted by molar-refractivity contribution is -0.111. The van der Waals surface area contributed by atoms with Crippen LogP contribution in [0.3, 0.4) is 0 Å². The first-order valence-corrected chi connectivity index (χ1v) is 9.57. The van der Waals surface area contributed by atoms with E-state index in [0.717, 1.165) is 17.3 Å². The summed E-state index contributed by atoms with van der Waals surface area (Å²) in [6.07, 6.45) is 5.48. The van der Waals surface area contributed by atoms with Crippen LogP contribution in [-0.4, -0.2) is 30.5 Å². The van der Waals surface area contributed by atoms with Crippen LogP contribution in [0, 0.1) is 0 Å². The Morgan fingerprint density at radius 1 is 1.00 bits per heavy atom. The fraction of sp³-hybridized carbons (Fsp3) is 0.0556. The lowest BCUT2D eigenvalue weighted by Gasteiger charge is -2.10. The first kappa shape index (κ1) is 17.6. The van der Waals surface area contributed by atoms with E-state index < -0.39 is 15.9 Å². The van der Waals surface area contributed by atoms with Crippen molar-refractivity contribution in [2.24, 2.45) is 0 Å². The summed E-state index contributed by atoms with van der Waals surface area (Å²) in [5.74, 6) is -0.414. The van der Waals surface area contributed by atoms with Crippen LogP contribution in [0.15, 0.2) is 60.8 Å². The van der Waals surface area contributed by atoms with Gasteiger partial charge in [0.25, 0.3) is 0 Å². The number of rotatable bonds is 5. The van der Waals surface area contributed by atoms with Gasteiger partial charge in [-0.3, -0.25) is 14.5 Å². The van der Waals surface area contributed by atoms with Crippen molar-refractivity contribution >= 4 is 44.4 Å². The van der Waals surface area contributed by atoms with Gasteiger partial charge in [0, 0.05) is 6.08 Å². The van der Waals surface area contributed by atoms with Crippen molar-refractivity contribution in [3.8, 4) is 0 Å². The van der Waals surface area contributed by atoms with Crippen molar-refractivity contribution in [3.05, 3.63) is 66.5 Å². The lowest BCUT2D eigenvalue weighted by atomic mass is 10.2. The van der Waals surface area contributed by atoms with Crippen LogP contribution >= 0.6 is 0 Å². The van der Waals surface area contributed by atoms with Gasteiger partial charge in [0.05, 0.1) is 40.6 Å². The number of carbonyl (C=O) groups excluding carboxylic acids is 1. The molecule has 0 aliphatic rings. The zero-order chi connectivity index (χ0) is 18.6. The summed E-state index contributed by atoms with van der Waals surface area (Å²) in [5, 5.41) is 2.64. The Balaban J connectivity index is 1.75. The molecule has 132 valence electrons. The molecule has 7 nitrogen and oxygen atoms in total. The maximum atomic E-state index is 12.1. The molecule has 0 fully saturated rings. The average Bonchev–Trinajstić information content (AvgIpc) is 2.60. The average molecular weight is 368 g/mol. The highest BCUT2D eigenvalue weighted by atomic mass is 32.2. The molecule has 2 aromatic carbocycles. The molecule has 1 heterocycles. The van der Waals surface area contributed by atoms with Crippen LogP contribution in [0.25, 0.3) is 17.1 Å². The van der Waals surface area contributed by atoms with Crippen LogP contribution in [0.4, 0.5) is 11.4 Å². The van der Waals surface area contributed by atoms with Gasteiger partial charge in [-0.2, -0.15) is 0 Å². The summed E-state index contributed by atoms with van der Waals surface area (Å²) in [7, 11) is -3.45. The number of nitrogens with zero attached hydrogens (tertiary/aromatic N) is 2. The van der Waals surface area contributed by atoms with Crippen molar-refractivity contribution in [3.63, 3.8) is 0 Å². The Morgan fingerprint density at radius 3 is 2.38 bits per heavy atom. The molecule has 1 aromatic heterocycles.